The Morgan fingerprint density at radius 2 is 2.26 bits per heavy atom. The van der Waals surface area contributed by atoms with Crippen LogP contribution in [0, 0.1) is 0 Å². The fourth-order valence-corrected chi connectivity index (χ4v) is 4.02. The van der Waals surface area contributed by atoms with Gasteiger partial charge in [-0.15, -0.1) is 11.3 Å². The minimum absolute atomic E-state index is 0.0178. The molecule has 128 valence electrons. The molecule has 0 bridgehead atoms. The Morgan fingerprint density at radius 3 is 2.91 bits per heavy atom. The Bertz CT molecular complexity index is 491. The molecule has 1 amide bonds. The molecule has 1 unspecified atom stereocenters. The highest BCUT2D eigenvalue weighted by Crippen LogP contribution is 2.26. The first-order chi connectivity index (χ1) is 11.3. The van der Waals surface area contributed by atoms with Crippen LogP contribution in [0.15, 0.2) is 17.5 Å². The molecule has 0 aromatic carbocycles. The molecule has 3 N–H and O–H groups in total. The number of nitrogens with two attached hydrogens (primary N) is 1. The van der Waals surface area contributed by atoms with Gasteiger partial charge in [0.2, 0.25) is 5.91 Å². The number of rotatable bonds is 6. The van der Waals surface area contributed by atoms with Crippen LogP contribution < -0.4 is 11.1 Å². The number of amides is 1. The number of morpholine rings is 1. The number of ether oxygens (including phenoxy) is 2. The van der Waals surface area contributed by atoms with Crippen LogP contribution in [0.2, 0.25) is 0 Å². The van der Waals surface area contributed by atoms with Crippen molar-refractivity contribution in [3.05, 3.63) is 22.4 Å². The number of carbonyl (C=O) groups is 1. The van der Waals surface area contributed by atoms with Gasteiger partial charge < -0.3 is 20.5 Å². The zero-order valence-electron chi connectivity index (χ0n) is 13.3. The first kappa shape index (κ1) is 16.9. The predicted molar refractivity (Wildman–Crippen MR) is 89.4 cm³/mol. The first-order valence-electron chi connectivity index (χ1n) is 8.26. The number of hydrogen-bond acceptors (Lipinski definition) is 6. The first-order valence-corrected chi connectivity index (χ1v) is 9.14. The van der Waals surface area contributed by atoms with E-state index >= 15 is 0 Å². The summed E-state index contributed by atoms with van der Waals surface area (Å²) >= 11 is 1.73. The van der Waals surface area contributed by atoms with Crippen LogP contribution in [0.4, 0.5) is 0 Å². The highest BCUT2D eigenvalue weighted by atomic mass is 32.1. The van der Waals surface area contributed by atoms with E-state index in [1.54, 1.807) is 11.3 Å². The third kappa shape index (κ3) is 4.30. The van der Waals surface area contributed by atoms with Crippen molar-refractivity contribution in [1.29, 1.82) is 0 Å². The molecule has 0 saturated carbocycles. The maximum absolute atomic E-state index is 12.3. The normalized spacial score (nSPS) is 27.0. The van der Waals surface area contributed by atoms with E-state index in [1.807, 2.05) is 0 Å². The van der Waals surface area contributed by atoms with Gasteiger partial charge in [0.15, 0.2) is 0 Å². The van der Waals surface area contributed by atoms with E-state index in [-0.39, 0.29) is 24.2 Å². The molecule has 2 aliphatic rings. The van der Waals surface area contributed by atoms with Gasteiger partial charge in [-0.25, -0.2) is 0 Å². The highest BCUT2D eigenvalue weighted by molar-refractivity contribution is 7.10. The van der Waals surface area contributed by atoms with E-state index in [4.69, 9.17) is 15.2 Å². The largest absolute Gasteiger partial charge is 0.379 e. The van der Waals surface area contributed by atoms with E-state index in [9.17, 15) is 4.79 Å². The molecule has 2 fully saturated rings. The van der Waals surface area contributed by atoms with Crippen molar-refractivity contribution in [3.63, 3.8) is 0 Å². The summed E-state index contributed by atoms with van der Waals surface area (Å²) in [4.78, 5) is 16.0. The van der Waals surface area contributed by atoms with Crippen molar-refractivity contribution >= 4 is 17.2 Å². The third-order valence-electron chi connectivity index (χ3n) is 4.49. The van der Waals surface area contributed by atoms with Gasteiger partial charge in [0, 0.05) is 31.1 Å². The average Bonchev–Trinajstić information content (AvgIpc) is 3.27. The number of thiophene rings is 1. The summed E-state index contributed by atoms with van der Waals surface area (Å²) in [6.45, 7) is 4.38. The second kappa shape index (κ2) is 8.21. The number of nitrogens with one attached hydrogen (secondary N) is 1. The lowest BCUT2D eigenvalue weighted by molar-refractivity contribution is -0.132. The predicted octanol–water partition coefficient (Wildman–Crippen LogP) is 0.744. The Balaban J connectivity index is 1.57. The molecule has 2 aliphatic heterocycles. The summed E-state index contributed by atoms with van der Waals surface area (Å²) in [6, 6.07) is 4.39. The van der Waals surface area contributed by atoms with Crippen LogP contribution in [0.5, 0.6) is 0 Å². The SMILES string of the molecule is NC[C@H]1CC[C@@H](C(=O)NCC(c2cccs2)N2CCOCC2)O1. The quantitative estimate of drug-likeness (QED) is 0.800. The molecule has 3 atom stereocenters. The lowest BCUT2D eigenvalue weighted by atomic mass is 10.1. The van der Waals surface area contributed by atoms with Crippen molar-refractivity contribution in [2.75, 3.05) is 39.4 Å². The molecule has 0 radical (unpaired) electrons. The smallest absolute Gasteiger partial charge is 0.249 e. The van der Waals surface area contributed by atoms with Gasteiger partial charge in [-0.3, -0.25) is 9.69 Å². The van der Waals surface area contributed by atoms with Gasteiger partial charge in [-0.2, -0.15) is 0 Å². The summed E-state index contributed by atoms with van der Waals surface area (Å²) in [5, 5.41) is 5.15. The Kier molecular flexibility index (Phi) is 6.02. The van der Waals surface area contributed by atoms with Crippen molar-refractivity contribution in [3.8, 4) is 0 Å². The number of nitrogens with zero attached hydrogens (tertiary/aromatic N) is 1. The van der Waals surface area contributed by atoms with E-state index in [0.29, 0.717) is 13.1 Å². The fourth-order valence-electron chi connectivity index (χ4n) is 3.16. The summed E-state index contributed by atoms with van der Waals surface area (Å²) in [5.74, 6) is -0.0178. The summed E-state index contributed by atoms with van der Waals surface area (Å²) in [5.41, 5.74) is 5.61. The molecule has 0 spiro atoms. The Hall–Kier alpha value is -0.990. The van der Waals surface area contributed by atoms with Gasteiger partial charge in [-0.1, -0.05) is 6.07 Å². The average molecular weight is 339 g/mol. The lowest BCUT2D eigenvalue weighted by Crippen LogP contribution is -2.45. The molecular formula is C16H25N3O3S. The second-order valence-electron chi connectivity index (χ2n) is 5.98. The standard InChI is InChI=1S/C16H25N3O3S/c17-10-12-3-4-14(22-12)16(20)18-11-13(15-2-1-9-23-15)19-5-7-21-8-6-19/h1-2,9,12-14H,3-8,10-11,17H2,(H,18,20)/t12-,13?,14+/m1/s1. The molecule has 1 aromatic heterocycles. The fraction of sp³-hybridized carbons (Fsp3) is 0.688. The minimum atomic E-state index is -0.350. The van der Waals surface area contributed by atoms with Crippen LogP contribution in [-0.4, -0.2) is 62.4 Å². The molecular weight excluding hydrogens is 314 g/mol. The van der Waals surface area contributed by atoms with Crippen LogP contribution in [-0.2, 0) is 14.3 Å². The molecule has 23 heavy (non-hydrogen) atoms. The van der Waals surface area contributed by atoms with Gasteiger partial charge >= 0.3 is 0 Å². The molecule has 0 aliphatic carbocycles. The van der Waals surface area contributed by atoms with Gasteiger partial charge in [0.1, 0.15) is 6.10 Å². The number of hydrogen-bond donors (Lipinski definition) is 2. The molecule has 2 saturated heterocycles. The number of carbonyl (C=O) groups excluding carboxylic acids is 1. The molecule has 3 heterocycles. The molecule has 7 heteroatoms. The van der Waals surface area contributed by atoms with Crippen LogP contribution in [0.3, 0.4) is 0 Å². The summed E-state index contributed by atoms with van der Waals surface area (Å²) in [7, 11) is 0. The molecule has 3 rings (SSSR count). The zero-order valence-corrected chi connectivity index (χ0v) is 14.1. The zero-order chi connectivity index (χ0) is 16.1. The Morgan fingerprint density at radius 1 is 1.43 bits per heavy atom. The maximum atomic E-state index is 12.3. The lowest BCUT2D eigenvalue weighted by Gasteiger charge is -2.34. The summed E-state index contributed by atoms with van der Waals surface area (Å²) in [6.07, 6.45) is 1.30. The third-order valence-corrected chi connectivity index (χ3v) is 5.46. The second-order valence-corrected chi connectivity index (χ2v) is 6.96. The van der Waals surface area contributed by atoms with E-state index in [1.165, 1.54) is 4.88 Å². The van der Waals surface area contributed by atoms with E-state index < -0.39 is 0 Å². The summed E-state index contributed by atoms with van der Waals surface area (Å²) < 4.78 is 11.1. The molecule has 1 aromatic rings. The van der Waals surface area contributed by atoms with Crippen LogP contribution in [0.25, 0.3) is 0 Å². The van der Waals surface area contributed by atoms with E-state index in [0.717, 1.165) is 39.1 Å². The van der Waals surface area contributed by atoms with Crippen molar-refractivity contribution < 1.29 is 14.3 Å². The molecule has 6 nitrogen and oxygen atoms in total. The topological polar surface area (TPSA) is 76.8 Å². The van der Waals surface area contributed by atoms with Gasteiger partial charge in [0.05, 0.1) is 25.4 Å². The maximum Gasteiger partial charge on any atom is 0.249 e. The van der Waals surface area contributed by atoms with Crippen LogP contribution in [0.1, 0.15) is 23.8 Å². The van der Waals surface area contributed by atoms with Crippen molar-refractivity contribution in [2.24, 2.45) is 5.73 Å². The highest BCUT2D eigenvalue weighted by Gasteiger charge is 2.31. The van der Waals surface area contributed by atoms with E-state index in [2.05, 4.69) is 27.7 Å². The van der Waals surface area contributed by atoms with Gasteiger partial charge in [-0.05, 0) is 24.3 Å². The van der Waals surface area contributed by atoms with Crippen molar-refractivity contribution in [2.45, 2.75) is 31.1 Å². The minimum Gasteiger partial charge on any atom is -0.379 e. The monoisotopic (exact) mass is 339 g/mol. The van der Waals surface area contributed by atoms with Crippen LogP contribution >= 0.6 is 11.3 Å². The van der Waals surface area contributed by atoms with Gasteiger partial charge in [0.25, 0.3) is 0 Å². The Labute approximate surface area is 140 Å². The van der Waals surface area contributed by atoms with Crippen molar-refractivity contribution in [1.82, 2.24) is 10.2 Å².